The molecule has 1 N–H and O–H groups in total. The third-order valence-corrected chi connectivity index (χ3v) is 7.80. The van der Waals surface area contributed by atoms with Gasteiger partial charge in [0, 0.05) is 24.5 Å². The Labute approximate surface area is 161 Å². The maximum Gasteiger partial charge on any atom is 0.279 e. The van der Waals surface area contributed by atoms with Crippen LogP contribution in [0.15, 0.2) is 17.5 Å². The van der Waals surface area contributed by atoms with Crippen molar-refractivity contribution in [3.63, 3.8) is 0 Å². The number of ether oxygens (including phenoxy) is 1. The minimum absolute atomic E-state index is 0.0769. The van der Waals surface area contributed by atoms with E-state index in [2.05, 4.69) is 28.0 Å². The van der Waals surface area contributed by atoms with E-state index in [9.17, 15) is 8.42 Å². The number of nitrogens with zero attached hydrogens (tertiary/aromatic N) is 2. The summed E-state index contributed by atoms with van der Waals surface area (Å²) in [4.78, 5) is 3.66. The summed E-state index contributed by atoms with van der Waals surface area (Å²) >= 11 is 1.70. The first-order valence-electron chi connectivity index (χ1n) is 9.53. The summed E-state index contributed by atoms with van der Waals surface area (Å²) in [6, 6.07) is 4.26. The number of morpholine rings is 1. The number of hydrogen-bond donors (Lipinski definition) is 1. The second-order valence-corrected chi connectivity index (χ2v) is 10.4. The molecule has 0 spiro atoms. The highest BCUT2D eigenvalue weighted by Gasteiger charge is 2.32. The van der Waals surface area contributed by atoms with Crippen LogP contribution in [-0.4, -0.2) is 62.6 Å². The Balaban J connectivity index is 1.67. The fraction of sp³-hybridized carbons (Fsp3) is 0.778. The van der Waals surface area contributed by atoms with Gasteiger partial charge in [0.25, 0.3) is 10.2 Å². The first-order chi connectivity index (χ1) is 12.3. The van der Waals surface area contributed by atoms with Crippen LogP contribution in [0.5, 0.6) is 0 Å². The van der Waals surface area contributed by atoms with E-state index in [1.165, 1.54) is 22.0 Å². The highest BCUT2D eigenvalue weighted by molar-refractivity contribution is 7.87. The van der Waals surface area contributed by atoms with Crippen molar-refractivity contribution < 1.29 is 13.2 Å². The molecule has 2 fully saturated rings. The molecule has 0 amide bonds. The van der Waals surface area contributed by atoms with Gasteiger partial charge in [-0.3, -0.25) is 4.90 Å². The van der Waals surface area contributed by atoms with Gasteiger partial charge in [-0.25, -0.2) is 4.72 Å². The largest absolute Gasteiger partial charge is 0.373 e. The zero-order valence-corrected chi connectivity index (χ0v) is 17.6. The predicted octanol–water partition coefficient (Wildman–Crippen LogP) is 2.46. The van der Waals surface area contributed by atoms with E-state index >= 15 is 0 Å². The smallest absolute Gasteiger partial charge is 0.279 e. The SMILES string of the molecule is CC1CCN([C@@H](CNS(=O)(=O)N2C[C@@H](C)O[C@@H](C)C2)c2cccs2)CC1. The molecular formula is C18H31N3O3S2. The molecule has 2 aliphatic rings. The molecule has 3 rings (SSSR count). The lowest BCUT2D eigenvalue weighted by molar-refractivity contribution is -0.0444. The topological polar surface area (TPSA) is 61.9 Å². The molecule has 0 saturated carbocycles. The van der Waals surface area contributed by atoms with Gasteiger partial charge in [0.15, 0.2) is 0 Å². The summed E-state index contributed by atoms with van der Waals surface area (Å²) in [5.74, 6) is 0.753. The molecule has 2 aliphatic heterocycles. The molecule has 3 heterocycles. The van der Waals surface area contributed by atoms with E-state index in [4.69, 9.17) is 4.74 Å². The molecule has 0 aromatic carbocycles. The van der Waals surface area contributed by atoms with Crippen LogP contribution in [0.1, 0.15) is 44.5 Å². The number of thiophene rings is 1. The summed E-state index contributed by atoms with van der Waals surface area (Å²) in [5.41, 5.74) is 0. The van der Waals surface area contributed by atoms with E-state index in [-0.39, 0.29) is 18.2 Å². The number of nitrogens with one attached hydrogen (secondary N) is 1. The van der Waals surface area contributed by atoms with Crippen molar-refractivity contribution in [3.8, 4) is 0 Å². The first kappa shape index (κ1) is 20.2. The number of likely N-dealkylation sites (tertiary alicyclic amines) is 1. The van der Waals surface area contributed by atoms with E-state index in [1.54, 1.807) is 11.3 Å². The second kappa shape index (κ2) is 8.67. The van der Waals surface area contributed by atoms with Crippen molar-refractivity contribution in [2.75, 3.05) is 32.7 Å². The van der Waals surface area contributed by atoms with Gasteiger partial charge in [0.05, 0.1) is 18.2 Å². The van der Waals surface area contributed by atoms with E-state index < -0.39 is 10.2 Å². The molecule has 148 valence electrons. The third kappa shape index (κ3) is 5.05. The zero-order valence-electron chi connectivity index (χ0n) is 15.9. The molecule has 1 aromatic rings. The predicted molar refractivity (Wildman–Crippen MR) is 106 cm³/mol. The van der Waals surface area contributed by atoms with Crippen LogP contribution in [0.3, 0.4) is 0 Å². The van der Waals surface area contributed by atoms with Gasteiger partial charge in [0.1, 0.15) is 0 Å². The summed E-state index contributed by atoms with van der Waals surface area (Å²) in [7, 11) is -3.50. The maximum atomic E-state index is 12.8. The standard InChI is InChI=1S/C18H31N3O3S2/c1-14-6-8-20(9-7-14)17(18-5-4-10-25-18)11-19-26(22,23)21-12-15(2)24-16(3)13-21/h4-5,10,14-17,19H,6-9,11-13H2,1-3H3/t15-,16+,17-/m0/s1. The molecule has 3 atom stereocenters. The van der Waals surface area contributed by atoms with Crippen molar-refractivity contribution in [3.05, 3.63) is 22.4 Å². The van der Waals surface area contributed by atoms with Gasteiger partial charge in [-0.1, -0.05) is 13.0 Å². The lowest BCUT2D eigenvalue weighted by Crippen LogP contribution is -2.53. The van der Waals surface area contributed by atoms with Gasteiger partial charge in [-0.05, 0) is 57.1 Å². The Kier molecular flexibility index (Phi) is 6.74. The lowest BCUT2D eigenvalue weighted by Gasteiger charge is -2.37. The van der Waals surface area contributed by atoms with Gasteiger partial charge in [0.2, 0.25) is 0 Å². The van der Waals surface area contributed by atoms with Crippen LogP contribution in [0.4, 0.5) is 0 Å². The molecule has 0 unspecified atom stereocenters. The molecule has 26 heavy (non-hydrogen) atoms. The Bertz CT molecular complexity index is 647. The average Bonchev–Trinajstić information content (AvgIpc) is 3.10. The van der Waals surface area contributed by atoms with E-state index in [0.717, 1.165) is 19.0 Å². The second-order valence-electron chi connectivity index (χ2n) is 7.68. The van der Waals surface area contributed by atoms with Gasteiger partial charge >= 0.3 is 0 Å². The molecule has 0 radical (unpaired) electrons. The Hall–Kier alpha value is -0.510. The molecule has 8 heteroatoms. The fourth-order valence-electron chi connectivity index (χ4n) is 3.83. The van der Waals surface area contributed by atoms with Crippen molar-refractivity contribution >= 4 is 21.5 Å². The monoisotopic (exact) mass is 401 g/mol. The van der Waals surface area contributed by atoms with Crippen LogP contribution < -0.4 is 4.72 Å². The molecule has 6 nitrogen and oxygen atoms in total. The third-order valence-electron chi connectivity index (χ3n) is 5.32. The summed E-state index contributed by atoms with van der Waals surface area (Å²) < 4.78 is 35.7. The highest BCUT2D eigenvalue weighted by atomic mass is 32.2. The zero-order chi connectivity index (χ0) is 18.7. The number of hydrogen-bond acceptors (Lipinski definition) is 5. The Morgan fingerprint density at radius 3 is 2.46 bits per heavy atom. The molecular weight excluding hydrogens is 370 g/mol. The highest BCUT2D eigenvalue weighted by Crippen LogP contribution is 2.29. The molecule has 0 aliphatic carbocycles. The van der Waals surface area contributed by atoms with Crippen molar-refractivity contribution in [1.29, 1.82) is 0 Å². The molecule has 0 bridgehead atoms. The van der Waals surface area contributed by atoms with Crippen LogP contribution in [0.25, 0.3) is 0 Å². The summed E-state index contributed by atoms with van der Waals surface area (Å²) in [6.07, 6.45) is 2.19. The Morgan fingerprint density at radius 2 is 1.88 bits per heavy atom. The lowest BCUT2D eigenvalue weighted by atomic mass is 9.97. The first-order valence-corrected chi connectivity index (χ1v) is 11.8. The summed E-state index contributed by atoms with van der Waals surface area (Å²) in [5, 5.41) is 2.06. The molecule has 1 aromatic heterocycles. The van der Waals surface area contributed by atoms with Gasteiger partial charge < -0.3 is 4.74 Å². The van der Waals surface area contributed by atoms with Gasteiger partial charge in [-0.2, -0.15) is 12.7 Å². The fourth-order valence-corrected chi connectivity index (χ4v) is 6.06. The quantitative estimate of drug-likeness (QED) is 0.795. The van der Waals surface area contributed by atoms with Crippen LogP contribution in [0, 0.1) is 5.92 Å². The minimum Gasteiger partial charge on any atom is -0.373 e. The van der Waals surface area contributed by atoms with Crippen LogP contribution >= 0.6 is 11.3 Å². The van der Waals surface area contributed by atoms with E-state index in [1.807, 2.05) is 19.9 Å². The number of piperidine rings is 1. The van der Waals surface area contributed by atoms with Crippen molar-refractivity contribution in [1.82, 2.24) is 13.9 Å². The number of rotatable bonds is 6. The Morgan fingerprint density at radius 1 is 1.23 bits per heavy atom. The van der Waals surface area contributed by atoms with E-state index in [0.29, 0.717) is 19.6 Å². The van der Waals surface area contributed by atoms with Crippen LogP contribution in [0.2, 0.25) is 0 Å². The normalized spacial score (nSPS) is 28.3. The van der Waals surface area contributed by atoms with Crippen LogP contribution in [-0.2, 0) is 14.9 Å². The minimum atomic E-state index is -3.50. The molecule has 2 saturated heterocycles. The van der Waals surface area contributed by atoms with Crippen molar-refractivity contribution in [2.45, 2.75) is 51.9 Å². The summed E-state index contributed by atoms with van der Waals surface area (Å²) in [6.45, 7) is 9.41. The maximum absolute atomic E-state index is 12.8. The average molecular weight is 402 g/mol. The van der Waals surface area contributed by atoms with Gasteiger partial charge in [-0.15, -0.1) is 11.3 Å². The van der Waals surface area contributed by atoms with Crippen molar-refractivity contribution in [2.24, 2.45) is 5.92 Å².